The quantitative estimate of drug-likeness (QED) is 0.230. The highest BCUT2D eigenvalue weighted by Gasteiger charge is 2.09. The van der Waals surface area contributed by atoms with Gasteiger partial charge in [0.15, 0.2) is 5.96 Å². The molecule has 0 amide bonds. The molecule has 1 unspecified atom stereocenters. The molecule has 0 aliphatic heterocycles. The second-order valence-electron chi connectivity index (χ2n) is 6.97. The van der Waals surface area contributed by atoms with Crippen LogP contribution in [0.15, 0.2) is 65.9 Å². The summed E-state index contributed by atoms with van der Waals surface area (Å²) >= 11 is 0. The highest BCUT2D eigenvalue weighted by Crippen LogP contribution is 2.17. The van der Waals surface area contributed by atoms with E-state index in [0.717, 1.165) is 17.0 Å². The van der Waals surface area contributed by atoms with Gasteiger partial charge in [-0.15, -0.1) is 24.0 Å². The molecular weight excluding hydrogens is 508 g/mol. The van der Waals surface area contributed by atoms with Crippen LogP contribution in [0, 0.1) is 12.7 Å². The highest BCUT2D eigenvalue weighted by molar-refractivity contribution is 14.0. The van der Waals surface area contributed by atoms with Gasteiger partial charge in [0.1, 0.15) is 11.6 Å². The largest absolute Gasteiger partial charge is 0.388 e. The van der Waals surface area contributed by atoms with Crippen molar-refractivity contribution in [2.45, 2.75) is 32.9 Å². The first kappa shape index (κ1) is 24.8. The van der Waals surface area contributed by atoms with Gasteiger partial charge >= 0.3 is 0 Å². The van der Waals surface area contributed by atoms with E-state index in [2.05, 4.69) is 20.6 Å². The first-order valence-corrected chi connectivity index (χ1v) is 10.1. The van der Waals surface area contributed by atoms with Crippen molar-refractivity contribution in [2.24, 2.45) is 4.99 Å². The lowest BCUT2D eigenvalue weighted by Crippen LogP contribution is -2.38. The van der Waals surface area contributed by atoms with Gasteiger partial charge in [-0.3, -0.25) is 0 Å². The first-order chi connectivity index (χ1) is 14.6. The maximum atomic E-state index is 14.6. The molecule has 8 heteroatoms. The third-order valence-corrected chi connectivity index (χ3v) is 4.76. The zero-order chi connectivity index (χ0) is 21.3. The average molecular weight is 537 g/mol. The van der Waals surface area contributed by atoms with E-state index in [9.17, 15) is 9.50 Å². The summed E-state index contributed by atoms with van der Waals surface area (Å²) in [5, 5.41) is 16.7. The molecule has 0 bridgehead atoms. The third-order valence-electron chi connectivity index (χ3n) is 4.76. The summed E-state index contributed by atoms with van der Waals surface area (Å²) in [6.45, 7) is 5.44. The Hall–Kier alpha value is -2.46. The number of rotatable bonds is 8. The molecule has 1 atom stereocenters. The predicted octanol–water partition coefficient (Wildman–Crippen LogP) is 4.12. The average Bonchev–Trinajstić information content (AvgIpc) is 3.18. The van der Waals surface area contributed by atoms with Crippen LogP contribution in [-0.2, 0) is 6.54 Å². The molecule has 0 fully saturated rings. The van der Waals surface area contributed by atoms with Crippen molar-refractivity contribution < 1.29 is 9.50 Å². The van der Waals surface area contributed by atoms with Gasteiger partial charge in [-0.05, 0) is 43.5 Å². The molecule has 1 heterocycles. The van der Waals surface area contributed by atoms with Crippen LogP contribution in [0.2, 0.25) is 0 Å². The standard InChI is InChI=1S/C23H28FN5O.HI/c1-3-25-23(27-12-11-22(30)19-7-5-4-6-8-19)28-16-18-9-10-21(20(24)15-18)29-14-13-26-17(29)2;/h4-10,13-15,22,30H,3,11-12,16H2,1-2H3,(H2,25,27,28);1H. The number of hydrogen-bond donors (Lipinski definition) is 3. The van der Waals surface area contributed by atoms with E-state index in [1.807, 2.05) is 50.2 Å². The molecular formula is C23H29FIN5O. The van der Waals surface area contributed by atoms with Gasteiger partial charge in [-0.2, -0.15) is 0 Å². The second kappa shape index (κ2) is 12.4. The summed E-state index contributed by atoms with van der Waals surface area (Å²) in [7, 11) is 0. The minimum Gasteiger partial charge on any atom is -0.388 e. The number of aliphatic imine (C=N–C) groups is 1. The number of imidazole rings is 1. The molecule has 0 aliphatic rings. The van der Waals surface area contributed by atoms with E-state index in [0.29, 0.717) is 37.7 Å². The number of aliphatic hydroxyl groups excluding tert-OH is 1. The minimum atomic E-state index is -0.533. The van der Waals surface area contributed by atoms with Gasteiger partial charge < -0.3 is 20.3 Å². The Labute approximate surface area is 199 Å². The van der Waals surface area contributed by atoms with Gasteiger partial charge in [0, 0.05) is 25.5 Å². The Kier molecular flexibility index (Phi) is 9.93. The summed E-state index contributed by atoms with van der Waals surface area (Å²) in [5.41, 5.74) is 2.14. The summed E-state index contributed by atoms with van der Waals surface area (Å²) in [4.78, 5) is 8.67. The van der Waals surface area contributed by atoms with Crippen molar-refractivity contribution in [2.75, 3.05) is 13.1 Å². The predicted molar refractivity (Wildman–Crippen MR) is 133 cm³/mol. The fraction of sp³-hybridized carbons (Fsp3) is 0.304. The van der Waals surface area contributed by atoms with E-state index in [-0.39, 0.29) is 29.8 Å². The summed E-state index contributed by atoms with van der Waals surface area (Å²) < 4.78 is 16.3. The van der Waals surface area contributed by atoms with E-state index < -0.39 is 6.10 Å². The normalized spacial score (nSPS) is 12.2. The lowest BCUT2D eigenvalue weighted by molar-refractivity contribution is 0.168. The van der Waals surface area contributed by atoms with Crippen LogP contribution in [0.5, 0.6) is 0 Å². The Bertz CT molecular complexity index is 977. The van der Waals surface area contributed by atoms with E-state index >= 15 is 0 Å². The Morgan fingerprint density at radius 3 is 2.61 bits per heavy atom. The monoisotopic (exact) mass is 537 g/mol. The van der Waals surface area contributed by atoms with Crippen molar-refractivity contribution in [3.05, 3.63) is 83.7 Å². The topological polar surface area (TPSA) is 74.5 Å². The molecule has 0 saturated carbocycles. The second-order valence-corrected chi connectivity index (χ2v) is 6.97. The number of aryl methyl sites for hydroxylation is 1. The number of benzene rings is 2. The number of aromatic nitrogens is 2. The smallest absolute Gasteiger partial charge is 0.191 e. The first-order valence-electron chi connectivity index (χ1n) is 10.1. The van der Waals surface area contributed by atoms with Crippen molar-refractivity contribution >= 4 is 29.9 Å². The van der Waals surface area contributed by atoms with Crippen molar-refractivity contribution in [3.8, 4) is 5.69 Å². The molecule has 1 aromatic heterocycles. The summed E-state index contributed by atoms with van der Waals surface area (Å²) in [6.07, 6.45) is 3.41. The molecule has 2 aromatic carbocycles. The zero-order valence-electron chi connectivity index (χ0n) is 17.8. The molecule has 0 spiro atoms. The Balaban J connectivity index is 0.00000341. The van der Waals surface area contributed by atoms with Gasteiger partial charge in [0.25, 0.3) is 0 Å². The number of nitrogens with one attached hydrogen (secondary N) is 2. The minimum absolute atomic E-state index is 0. The van der Waals surface area contributed by atoms with Crippen LogP contribution >= 0.6 is 24.0 Å². The van der Waals surface area contributed by atoms with Crippen molar-refractivity contribution in [3.63, 3.8) is 0 Å². The summed E-state index contributed by atoms with van der Waals surface area (Å²) in [5.74, 6) is 1.05. The maximum Gasteiger partial charge on any atom is 0.191 e. The zero-order valence-corrected chi connectivity index (χ0v) is 20.1. The highest BCUT2D eigenvalue weighted by atomic mass is 127. The molecule has 166 valence electrons. The summed E-state index contributed by atoms with van der Waals surface area (Å²) in [6, 6.07) is 14.7. The number of nitrogens with zero attached hydrogens (tertiary/aromatic N) is 3. The molecule has 0 aliphatic carbocycles. The van der Waals surface area contributed by atoms with Crippen molar-refractivity contribution in [1.29, 1.82) is 0 Å². The van der Waals surface area contributed by atoms with Crippen LogP contribution in [0.4, 0.5) is 4.39 Å². The van der Waals surface area contributed by atoms with Crippen LogP contribution in [0.1, 0.15) is 36.4 Å². The van der Waals surface area contributed by atoms with Gasteiger partial charge in [0.05, 0.1) is 18.3 Å². The third kappa shape index (κ3) is 7.03. The van der Waals surface area contributed by atoms with E-state index in [1.54, 1.807) is 23.0 Å². The lowest BCUT2D eigenvalue weighted by atomic mass is 10.1. The number of aliphatic hydroxyl groups is 1. The Morgan fingerprint density at radius 1 is 1.19 bits per heavy atom. The lowest BCUT2D eigenvalue weighted by Gasteiger charge is -2.14. The number of halogens is 2. The van der Waals surface area contributed by atoms with Crippen LogP contribution in [0.3, 0.4) is 0 Å². The fourth-order valence-electron chi connectivity index (χ4n) is 3.16. The van der Waals surface area contributed by atoms with Crippen LogP contribution in [-0.4, -0.2) is 33.7 Å². The van der Waals surface area contributed by atoms with Crippen LogP contribution in [0.25, 0.3) is 5.69 Å². The fourth-order valence-corrected chi connectivity index (χ4v) is 3.16. The molecule has 3 N–H and O–H groups in total. The SMILES string of the molecule is CCNC(=NCc1ccc(-n2ccnc2C)c(F)c1)NCCC(O)c1ccccc1.I. The van der Waals surface area contributed by atoms with Gasteiger partial charge in [-0.25, -0.2) is 14.4 Å². The van der Waals surface area contributed by atoms with E-state index in [1.165, 1.54) is 6.07 Å². The molecule has 31 heavy (non-hydrogen) atoms. The molecule has 3 aromatic rings. The van der Waals surface area contributed by atoms with Crippen molar-refractivity contribution in [1.82, 2.24) is 20.2 Å². The Morgan fingerprint density at radius 2 is 1.97 bits per heavy atom. The number of hydrogen-bond acceptors (Lipinski definition) is 3. The van der Waals surface area contributed by atoms with Crippen LogP contribution < -0.4 is 10.6 Å². The number of guanidine groups is 1. The van der Waals surface area contributed by atoms with Gasteiger partial charge in [-0.1, -0.05) is 36.4 Å². The molecule has 0 saturated heterocycles. The molecule has 3 rings (SSSR count). The maximum absolute atomic E-state index is 14.6. The molecule has 6 nitrogen and oxygen atoms in total. The molecule has 0 radical (unpaired) electrons. The van der Waals surface area contributed by atoms with E-state index in [4.69, 9.17) is 0 Å². The van der Waals surface area contributed by atoms with Gasteiger partial charge in [0.2, 0.25) is 0 Å².